The van der Waals surface area contributed by atoms with Crippen molar-refractivity contribution in [1.82, 2.24) is 5.43 Å². The van der Waals surface area contributed by atoms with Gasteiger partial charge < -0.3 is 14.2 Å². The Labute approximate surface area is 167 Å². The highest BCUT2D eigenvalue weighted by Gasteiger charge is 2.34. The van der Waals surface area contributed by atoms with Gasteiger partial charge in [0.2, 0.25) is 0 Å². The van der Waals surface area contributed by atoms with Gasteiger partial charge in [-0.3, -0.25) is 15.0 Å². The molecule has 0 aliphatic carbocycles. The van der Waals surface area contributed by atoms with Gasteiger partial charge in [-0.15, -0.1) is 0 Å². The number of benzene rings is 2. The summed E-state index contributed by atoms with van der Waals surface area (Å²) in [6.07, 6.45) is 1.47. The van der Waals surface area contributed by atoms with E-state index in [-0.39, 0.29) is 18.8 Å². The molecule has 8 nitrogen and oxygen atoms in total. The van der Waals surface area contributed by atoms with Crippen molar-refractivity contribution >= 4 is 29.5 Å². The lowest BCUT2D eigenvalue weighted by atomic mass is 10.1. The minimum atomic E-state index is -0.500. The Morgan fingerprint density at radius 2 is 1.86 bits per heavy atom. The Morgan fingerprint density at radius 3 is 2.55 bits per heavy atom. The molecule has 0 unspecified atom stereocenters. The zero-order valence-corrected chi connectivity index (χ0v) is 16.0. The number of nitrogens with zero attached hydrogens (tertiary/aromatic N) is 1. The molecule has 1 aliphatic heterocycles. The number of hydrazine groups is 1. The largest absolute Gasteiger partial charge is 0.493 e. The number of rotatable bonds is 7. The van der Waals surface area contributed by atoms with Gasteiger partial charge in [-0.05, 0) is 42.8 Å². The number of ether oxygens (including phenoxy) is 3. The van der Waals surface area contributed by atoms with E-state index in [1.165, 1.54) is 18.2 Å². The Kier molecular flexibility index (Phi) is 6.13. The quantitative estimate of drug-likeness (QED) is 0.438. The molecule has 2 aromatic rings. The van der Waals surface area contributed by atoms with E-state index in [0.29, 0.717) is 22.7 Å². The van der Waals surface area contributed by atoms with Crippen molar-refractivity contribution in [2.45, 2.75) is 6.92 Å². The molecular formula is C21H20N2O6. The smallest absolute Gasteiger partial charge is 0.344 e. The second-order valence-corrected chi connectivity index (χ2v) is 5.98. The number of methoxy groups -OCH3 is 1. The molecule has 29 heavy (non-hydrogen) atoms. The molecule has 0 spiro atoms. The molecule has 2 aromatic carbocycles. The van der Waals surface area contributed by atoms with Crippen molar-refractivity contribution < 1.29 is 28.6 Å². The second kappa shape index (κ2) is 8.92. The van der Waals surface area contributed by atoms with Crippen LogP contribution in [0.1, 0.15) is 12.5 Å². The summed E-state index contributed by atoms with van der Waals surface area (Å²) in [5.41, 5.74) is 3.67. The number of nitrogens with one attached hydrogen (secondary N) is 1. The third-order valence-electron chi connectivity index (χ3n) is 4.06. The summed E-state index contributed by atoms with van der Waals surface area (Å²) in [6, 6.07) is 13.7. The first kappa shape index (κ1) is 19.9. The van der Waals surface area contributed by atoms with Crippen LogP contribution in [0, 0.1) is 0 Å². The molecule has 3 rings (SSSR count). The van der Waals surface area contributed by atoms with E-state index in [1.54, 1.807) is 49.4 Å². The molecule has 1 fully saturated rings. The van der Waals surface area contributed by atoms with Crippen molar-refractivity contribution in [1.29, 1.82) is 0 Å². The number of para-hydroxylation sites is 1. The van der Waals surface area contributed by atoms with Gasteiger partial charge in [0.15, 0.2) is 18.1 Å². The summed E-state index contributed by atoms with van der Waals surface area (Å²) in [5, 5.41) is 1.20. The van der Waals surface area contributed by atoms with Crippen LogP contribution < -0.4 is 19.9 Å². The fraction of sp³-hybridized carbons (Fsp3) is 0.190. The van der Waals surface area contributed by atoms with Crippen molar-refractivity contribution in [3.05, 3.63) is 59.7 Å². The highest BCUT2D eigenvalue weighted by atomic mass is 16.6. The molecule has 1 saturated heterocycles. The third kappa shape index (κ3) is 4.55. The normalized spacial score (nSPS) is 14.7. The maximum absolute atomic E-state index is 12.6. The molecule has 1 aliphatic rings. The van der Waals surface area contributed by atoms with Crippen LogP contribution >= 0.6 is 0 Å². The first-order valence-corrected chi connectivity index (χ1v) is 8.92. The molecule has 0 saturated carbocycles. The van der Waals surface area contributed by atoms with Crippen LogP contribution in [0.5, 0.6) is 11.5 Å². The third-order valence-corrected chi connectivity index (χ3v) is 4.06. The van der Waals surface area contributed by atoms with Crippen LogP contribution in [0.15, 0.2) is 54.1 Å². The second-order valence-electron chi connectivity index (χ2n) is 5.98. The Bertz CT molecular complexity index is 955. The molecule has 0 radical (unpaired) electrons. The van der Waals surface area contributed by atoms with E-state index < -0.39 is 17.8 Å². The molecule has 1 N–H and O–H groups in total. The van der Waals surface area contributed by atoms with Gasteiger partial charge in [0.25, 0.3) is 11.8 Å². The van der Waals surface area contributed by atoms with Crippen LogP contribution in [-0.2, 0) is 19.1 Å². The summed E-state index contributed by atoms with van der Waals surface area (Å²) in [5.74, 6) is -0.747. The maximum Gasteiger partial charge on any atom is 0.344 e. The van der Waals surface area contributed by atoms with Crippen molar-refractivity contribution in [3.63, 3.8) is 0 Å². The first-order chi connectivity index (χ1) is 14.0. The Morgan fingerprint density at radius 1 is 1.10 bits per heavy atom. The topological polar surface area (TPSA) is 94.2 Å². The van der Waals surface area contributed by atoms with Gasteiger partial charge in [0, 0.05) is 0 Å². The molecule has 8 heteroatoms. The zero-order valence-electron chi connectivity index (χ0n) is 16.0. The first-order valence-electron chi connectivity index (χ1n) is 8.92. The average molecular weight is 396 g/mol. The van der Waals surface area contributed by atoms with Crippen molar-refractivity contribution in [3.8, 4) is 11.5 Å². The van der Waals surface area contributed by atoms with Crippen LogP contribution in [0.4, 0.5) is 5.69 Å². The SMILES string of the molecule is CCOC(=O)COc1ccc(/C=C2\C(=O)NN(c3ccccc3)C2=O)cc1OC. The molecule has 0 aromatic heterocycles. The van der Waals surface area contributed by atoms with Crippen LogP contribution in [0.25, 0.3) is 6.08 Å². The average Bonchev–Trinajstić information content (AvgIpc) is 3.01. The zero-order chi connectivity index (χ0) is 20.8. The molecule has 1 heterocycles. The fourth-order valence-corrected chi connectivity index (χ4v) is 2.72. The predicted molar refractivity (Wildman–Crippen MR) is 105 cm³/mol. The van der Waals surface area contributed by atoms with E-state index >= 15 is 0 Å². The van der Waals surface area contributed by atoms with Gasteiger partial charge in [-0.2, -0.15) is 0 Å². The summed E-state index contributed by atoms with van der Waals surface area (Å²) < 4.78 is 15.5. The minimum Gasteiger partial charge on any atom is -0.493 e. The molecule has 150 valence electrons. The van der Waals surface area contributed by atoms with E-state index in [2.05, 4.69) is 5.43 Å². The molecule has 0 atom stereocenters. The monoisotopic (exact) mass is 396 g/mol. The number of carbonyl (C=O) groups is 3. The number of carbonyl (C=O) groups excluding carboxylic acids is 3. The van der Waals surface area contributed by atoms with E-state index in [9.17, 15) is 14.4 Å². The van der Waals surface area contributed by atoms with Gasteiger partial charge in [0.1, 0.15) is 5.57 Å². The lowest BCUT2D eigenvalue weighted by molar-refractivity contribution is -0.145. The number of hydrogen-bond donors (Lipinski definition) is 1. The molecular weight excluding hydrogens is 376 g/mol. The van der Waals surface area contributed by atoms with E-state index in [4.69, 9.17) is 14.2 Å². The predicted octanol–water partition coefficient (Wildman–Crippen LogP) is 2.10. The van der Waals surface area contributed by atoms with Crippen molar-refractivity contribution in [2.24, 2.45) is 0 Å². The van der Waals surface area contributed by atoms with Gasteiger partial charge in [-0.1, -0.05) is 24.3 Å². The van der Waals surface area contributed by atoms with Crippen LogP contribution in [0.2, 0.25) is 0 Å². The lowest BCUT2D eigenvalue weighted by Crippen LogP contribution is -2.35. The Balaban J connectivity index is 1.80. The number of amides is 2. The minimum absolute atomic E-state index is 0.00361. The van der Waals surface area contributed by atoms with Crippen LogP contribution in [0.3, 0.4) is 0 Å². The highest BCUT2D eigenvalue weighted by molar-refractivity contribution is 6.31. The van der Waals surface area contributed by atoms with Crippen molar-refractivity contribution in [2.75, 3.05) is 25.3 Å². The fourth-order valence-electron chi connectivity index (χ4n) is 2.72. The standard InChI is InChI=1S/C21H20N2O6/c1-3-28-19(24)13-29-17-10-9-14(12-18(17)27-2)11-16-20(25)22-23(21(16)26)15-7-5-4-6-8-15/h4-12H,3,13H2,1-2H3,(H,22,25)/b16-11+. The molecule has 2 amide bonds. The highest BCUT2D eigenvalue weighted by Crippen LogP contribution is 2.30. The number of hydrogen-bond acceptors (Lipinski definition) is 6. The van der Waals surface area contributed by atoms with Crippen LogP contribution in [-0.4, -0.2) is 38.1 Å². The van der Waals surface area contributed by atoms with Gasteiger partial charge in [0.05, 0.1) is 19.4 Å². The van der Waals surface area contributed by atoms with Gasteiger partial charge in [-0.25, -0.2) is 9.80 Å². The number of anilines is 1. The summed E-state index contributed by atoms with van der Waals surface area (Å²) in [6.45, 7) is 1.72. The van der Waals surface area contributed by atoms with E-state index in [1.807, 2.05) is 6.07 Å². The summed E-state index contributed by atoms with van der Waals surface area (Å²) in [4.78, 5) is 36.4. The Hall–Kier alpha value is -3.81. The number of esters is 1. The molecule has 0 bridgehead atoms. The summed E-state index contributed by atoms with van der Waals surface area (Å²) in [7, 11) is 1.45. The summed E-state index contributed by atoms with van der Waals surface area (Å²) >= 11 is 0. The lowest BCUT2D eigenvalue weighted by Gasteiger charge is -2.13. The maximum atomic E-state index is 12.6. The van der Waals surface area contributed by atoms with E-state index in [0.717, 1.165) is 0 Å². The van der Waals surface area contributed by atoms with Gasteiger partial charge >= 0.3 is 5.97 Å².